The molecule has 0 spiro atoms. The van der Waals surface area contributed by atoms with Crippen molar-refractivity contribution < 1.29 is 27.1 Å². The van der Waals surface area contributed by atoms with Gasteiger partial charge in [-0.2, -0.15) is 4.31 Å². The van der Waals surface area contributed by atoms with Crippen LogP contribution in [0.25, 0.3) is 0 Å². The van der Waals surface area contributed by atoms with E-state index in [1.54, 1.807) is 32.9 Å². The Hall–Kier alpha value is -2.98. The molecule has 1 aliphatic heterocycles. The monoisotopic (exact) mass is 574 g/mol. The van der Waals surface area contributed by atoms with E-state index >= 15 is 4.39 Å². The number of carbonyl (C=O) groups is 1. The molecule has 0 saturated carbocycles. The summed E-state index contributed by atoms with van der Waals surface area (Å²) in [4.78, 5) is 13.1. The summed E-state index contributed by atoms with van der Waals surface area (Å²) in [5.74, 6) is -2.16. The second kappa shape index (κ2) is 11.6. The van der Waals surface area contributed by atoms with Crippen molar-refractivity contribution in [1.29, 1.82) is 0 Å². The molecule has 4 rings (SSSR count). The van der Waals surface area contributed by atoms with Gasteiger partial charge in [-0.3, -0.25) is 4.79 Å². The highest BCUT2D eigenvalue weighted by Gasteiger charge is 2.46. The first kappa shape index (κ1) is 29.0. The van der Waals surface area contributed by atoms with Crippen LogP contribution < -0.4 is 5.32 Å². The van der Waals surface area contributed by atoms with Gasteiger partial charge in [-0.15, -0.1) is 0 Å². The van der Waals surface area contributed by atoms with Gasteiger partial charge in [0, 0.05) is 16.5 Å². The van der Waals surface area contributed by atoms with Gasteiger partial charge >= 0.3 is 5.97 Å². The summed E-state index contributed by atoms with van der Waals surface area (Å²) in [6.45, 7) is 6.99. The van der Waals surface area contributed by atoms with E-state index in [-0.39, 0.29) is 23.7 Å². The van der Waals surface area contributed by atoms with Crippen LogP contribution in [0, 0.1) is 19.7 Å². The smallest absolute Gasteiger partial charge is 0.324 e. The third-order valence-electron chi connectivity index (χ3n) is 7.27. The van der Waals surface area contributed by atoms with E-state index in [0.29, 0.717) is 21.8 Å². The van der Waals surface area contributed by atoms with Crippen molar-refractivity contribution in [1.82, 2.24) is 4.31 Å². The second-order valence-corrected chi connectivity index (χ2v) is 12.0. The highest BCUT2D eigenvalue weighted by Crippen LogP contribution is 2.42. The molecule has 208 valence electrons. The number of halogens is 2. The van der Waals surface area contributed by atoms with Crippen LogP contribution in [0.15, 0.2) is 59.5 Å². The van der Waals surface area contributed by atoms with E-state index in [1.807, 2.05) is 37.3 Å². The van der Waals surface area contributed by atoms with Gasteiger partial charge in [-0.1, -0.05) is 54.9 Å². The summed E-state index contributed by atoms with van der Waals surface area (Å²) in [5.41, 5.74) is 3.32. The number of esters is 1. The zero-order valence-corrected chi connectivity index (χ0v) is 24.1. The molecule has 0 aliphatic carbocycles. The number of nitrogens with zero attached hydrogens (tertiary/aromatic N) is 1. The Kier molecular flexibility index (Phi) is 8.66. The van der Waals surface area contributed by atoms with Gasteiger partial charge in [0.2, 0.25) is 10.0 Å². The number of aryl methyl sites for hydroxylation is 1. The summed E-state index contributed by atoms with van der Waals surface area (Å²) in [6.07, 6.45) is -0.653. The third kappa shape index (κ3) is 5.68. The number of nitrogens with one attached hydrogen (secondary N) is 1. The van der Waals surface area contributed by atoms with Gasteiger partial charge in [0.15, 0.2) is 0 Å². The molecular weight excluding hydrogens is 543 g/mol. The van der Waals surface area contributed by atoms with Gasteiger partial charge in [0.1, 0.15) is 16.8 Å². The maximum absolute atomic E-state index is 15.1. The molecule has 39 heavy (non-hydrogen) atoms. The molecule has 1 heterocycles. The maximum atomic E-state index is 15.1. The van der Waals surface area contributed by atoms with E-state index in [4.69, 9.17) is 21.1 Å². The Morgan fingerprint density at radius 1 is 1.13 bits per heavy atom. The number of hydrogen-bond acceptors (Lipinski definition) is 6. The fourth-order valence-corrected chi connectivity index (χ4v) is 7.24. The van der Waals surface area contributed by atoms with E-state index in [0.717, 1.165) is 15.4 Å². The number of sulfonamides is 1. The molecule has 1 N–H and O–H groups in total. The highest BCUT2D eigenvalue weighted by molar-refractivity contribution is 7.89. The van der Waals surface area contributed by atoms with Crippen LogP contribution in [0.2, 0.25) is 5.02 Å². The lowest BCUT2D eigenvalue weighted by molar-refractivity contribution is -0.145. The number of anilines is 1. The van der Waals surface area contributed by atoms with E-state index in [1.165, 1.54) is 19.2 Å². The summed E-state index contributed by atoms with van der Waals surface area (Å²) in [7, 11) is -3.11. The first-order chi connectivity index (χ1) is 18.5. The van der Waals surface area contributed by atoms with Crippen LogP contribution in [0.3, 0.4) is 0 Å². The average Bonchev–Trinajstić information content (AvgIpc) is 2.90. The minimum Gasteiger partial charge on any atom is -0.468 e. The zero-order valence-electron chi connectivity index (χ0n) is 22.5. The molecule has 7 nitrogen and oxygen atoms in total. The van der Waals surface area contributed by atoms with Crippen LogP contribution in [-0.2, 0) is 30.9 Å². The van der Waals surface area contributed by atoms with Crippen LogP contribution >= 0.6 is 11.6 Å². The fraction of sp³-hybridized carbons (Fsp3) is 0.345. The number of carbonyl (C=O) groups excluding carboxylic acids is 1. The summed E-state index contributed by atoms with van der Waals surface area (Å²) in [6, 6.07) is 14.2. The van der Waals surface area contributed by atoms with Crippen molar-refractivity contribution in [2.24, 2.45) is 0 Å². The Labute approximate surface area is 233 Å². The highest BCUT2D eigenvalue weighted by atomic mass is 35.5. The van der Waals surface area contributed by atoms with E-state index < -0.39 is 39.9 Å². The number of hydrogen-bond donors (Lipinski definition) is 1. The Bertz CT molecular complexity index is 1480. The Morgan fingerprint density at radius 3 is 2.49 bits per heavy atom. The summed E-state index contributed by atoms with van der Waals surface area (Å²) < 4.78 is 55.7. The van der Waals surface area contributed by atoms with Crippen molar-refractivity contribution in [3.05, 3.63) is 93.3 Å². The molecule has 2 unspecified atom stereocenters. The maximum Gasteiger partial charge on any atom is 0.324 e. The van der Waals surface area contributed by atoms with Crippen molar-refractivity contribution in [3.8, 4) is 0 Å². The first-order valence-electron chi connectivity index (χ1n) is 12.6. The van der Waals surface area contributed by atoms with E-state index in [2.05, 4.69) is 5.32 Å². The average molecular weight is 575 g/mol. The molecule has 1 aliphatic rings. The topological polar surface area (TPSA) is 84.9 Å². The molecule has 3 aromatic carbocycles. The number of rotatable bonds is 8. The number of benzene rings is 3. The molecular formula is C29H32ClFN2O5S. The predicted molar refractivity (Wildman–Crippen MR) is 149 cm³/mol. The van der Waals surface area contributed by atoms with Gasteiger partial charge in [-0.25, -0.2) is 12.8 Å². The largest absolute Gasteiger partial charge is 0.468 e. The summed E-state index contributed by atoms with van der Waals surface area (Å²) in [5, 5.41) is 3.43. The summed E-state index contributed by atoms with van der Waals surface area (Å²) >= 11 is 6.37. The zero-order chi connectivity index (χ0) is 28.5. The van der Waals surface area contributed by atoms with Gasteiger partial charge < -0.3 is 14.8 Å². The normalized spacial score (nSPS) is 17.0. The molecule has 3 aromatic rings. The molecule has 10 heteroatoms. The molecule has 0 saturated heterocycles. The van der Waals surface area contributed by atoms with Crippen molar-refractivity contribution in [3.63, 3.8) is 0 Å². The number of methoxy groups -OCH3 is 1. The number of fused-ring (bicyclic) bond motifs is 1. The lowest BCUT2D eigenvalue weighted by Gasteiger charge is -2.38. The molecule has 3 atom stereocenters. The SMILES string of the molecule is COC(=O)[C@H](C(C)c1c(F)ccc(C)c1C)N1CNc2cc(Cl)cc(C(C)OCc3ccccc3)c2S1(=O)=O. The molecule has 0 fully saturated rings. The number of ether oxygens (including phenoxy) is 2. The molecule has 0 radical (unpaired) electrons. The van der Waals surface area contributed by atoms with Crippen molar-refractivity contribution in [2.45, 2.75) is 57.3 Å². The van der Waals surface area contributed by atoms with Gasteiger partial charge in [0.05, 0.1) is 32.2 Å². The van der Waals surface area contributed by atoms with Crippen LogP contribution in [-0.4, -0.2) is 38.5 Å². The third-order valence-corrected chi connectivity index (χ3v) is 9.43. The second-order valence-electron chi connectivity index (χ2n) is 9.70. The molecule has 0 amide bonds. The fourth-order valence-electron chi connectivity index (χ4n) is 5.05. The quantitative estimate of drug-likeness (QED) is 0.328. The lowest BCUT2D eigenvalue weighted by Crippen LogP contribution is -2.52. The first-order valence-corrected chi connectivity index (χ1v) is 14.4. The standard InChI is InChI=1S/C29H32ClFN2O5S/c1-17-11-12-24(31)26(18(17)2)19(3)27(29(34)37-5)33-16-32-25-14-22(30)13-23(28(25)39(33,35)36)20(4)38-15-21-9-7-6-8-10-21/h6-14,19-20,27,32H,15-16H2,1-5H3/t19?,20?,27-/m0/s1. The molecule has 0 bridgehead atoms. The Balaban J connectivity index is 1.77. The van der Waals surface area contributed by atoms with Crippen molar-refractivity contribution >= 4 is 33.3 Å². The minimum atomic E-state index is -4.29. The molecule has 0 aromatic heterocycles. The van der Waals surface area contributed by atoms with Crippen LogP contribution in [0.1, 0.15) is 53.7 Å². The van der Waals surface area contributed by atoms with Crippen molar-refractivity contribution in [2.75, 3.05) is 19.1 Å². The van der Waals surface area contributed by atoms with Crippen LogP contribution in [0.5, 0.6) is 0 Å². The lowest BCUT2D eigenvalue weighted by atomic mass is 9.87. The van der Waals surface area contributed by atoms with Gasteiger partial charge in [-0.05, 0) is 61.2 Å². The van der Waals surface area contributed by atoms with Crippen LogP contribution in [0.4, 0.5) is 10.1 Å². The Morgan fingerprint density at radius 2 is 1.82 bits per heavy atom. The van der Waals surface area contributed by atoms with E-state index in [9.17, 15) is 13.2 Å². The minimum absolute atomic E-state index is 0.0405. The van der Waals surface area contributed by atoms with Gasteiger partial charge in [0.25, 0.3) is 0 Å². The predicted octanol–water partition coefficient (Wildman–Crippen LogP) is 6.09.